The maximum absolute atomic E-state index is 12.4. The fourth-order valence-electron chi connectivity index (χ4n) is 2.97. The first-order chi connectivity index (χ1) is 9.65. The van der Waals surface area contributed by atoms with E-state index in [4.69, 9.17) is 9.84 Å². The SMILES string of the molecule is COc1ccc(C(=O)C2CCC(CCO)CC2)cc1O. The van der Waals surface area contributed by atoms with E-state index in [0.717, 1.165) is 32.1 Å². The van der Waals surface area contributed by atoms with Gasteiger partial charge in [-0.15, -0.1) is 0 Å². The summed E-state index contributed by atoms with van der Waals surface area (Å²) in [6.07, 6.45) is 4.58. The van der Waals surface area contributed by atoms with E-state index in [1.165, 1.54) is 13.2 Å². The Morgan fingerprint density at radius 2 is 2.00 bits per heavy atom. The summed E-state index contributed by atoms with van der Waals surface area (Å²) in [5.74, 6) is 1.08. The molecule has 1 aliphatic carbocycles. The van der Waals surface area contributed by atoms with Crippen LogP contribution in [0.1, 0.15) is 42.5 Å². The molecule has 0 amide bonds. The lowest BCUT2D eigenvalue weighted by Gasteiger charge is -2.27. The predicted molar refractivity (Wildman–Crippen MR) is 76.1 cm³/mol. The molecule has 0 aliphatic heterocycles. The van der Waals surface area contributed by atoms with E-state index in [9.17, 15) is 9.90 Å². The van der Waals surface area contributed by atoms with Crippen LogP contribution in [-0.4, -0.2) is 29.7 Å². The highest BCUT2D eigenvalue weighted by Crippen LogP contribution is 2.34. The Hall–Kier alpha value is -1.55. The zero-order valence-corrected chi connectivity index (χ0v) is 11.8. The molecular formula is C16H22O4. The molecule has 0 unspecified atom stereocenters. The van der Waals surface area contributed by atoms with Gasteiger partial charge in [-0.1, -0.05) is 0 Å². The molecule has 4 nitrogen and oxygen atoms in total. The zero-order chi connectivity index (χ0) is 14.5. The van der Waals surface area contributed by atoms with Crippen molar-refractivity contribution in [1.29, 1.82) is 0 Å². The van der Waals surface area contributed by atoms with Crippen LogP contribution in [0.15, 0.2) is 18.2 Å². The summed E-state index contributed by atoms with van der Waals surface area (Å²) >= 11 is 0. The largest absolute Gasteiger partial charge is 0.504 e. The highest BCUT2D eigenvalue weighted by atomic mass is 16.5. The summed E-state index contributed by atoms with van der Waals surface area (Å²) in [5.41, 5.74) is 0.550. The van der Waals surface area contributed by atoms with Crippen molar-refractivity contribution in [2.75, 3.05) is 13.7 Å². The molecule has 1 aliphatic rings. The number of ketones is 1. The number of phenolic OH excluding ortho intramolecular Hbond substituents is 1. The molecule has 2 N–H and O–H groups in total. The molecule has 0 saturated heterocycles. The Morgan fingerprint density at radius 3 is 2.55 bits per heavy atom. The van der Waals surface area contributed by atoms with Gasteiger partial charge in [-0.25, -0.2) is 0 Å². The monoisotopic (exact) mass is 278 g/mol. The molecule has 1 saturated carbocycles. The summed E-state index contributed by atoms with van der Waals surface area (Å²) in [5, 5.41) is 18.7. The van der Waals surface area contributed by atoms with Crippen molar-refractivity contribution in [3.05, 3.63) is 23.8 Å². The standard InChI is InChI=1S/C16H22O4/c1-20-15-7-6-13(10-14(15)18)16(19)12-4-2-11(3-5-12)8-9-17/h6-7,10-12,17-18H,2-5,8-9H2,1H3. The van der Waals surface area contributed by atoms with Crippen LogP contribution in [0, 0.1) is 11.8 Å². The summed E-state index contributed by atoms with van der Waals surface area (Å²) < 4.78 is 4.98. The van der Waals surface area contributed by atoms with Crippen LogP contribution >= 0.6 is 0 Å². The van der Waals surface area contributed by atoms with Crippen molar-refractivity contribution in [3.63, 3.8) is 0 Å². The number of rotatable bonds is 5. The van der Waals surface area contributed by atoms with Gasteiger partial charge in [0.05, 0.1) is 7.11 Å². The molecular weight excluding hydrogens is 256 g/mol. The smallest absolute Gasteiger partial charge is 0.166 e. The molecule has 1 aromatic rings. The molecule has 0 radical (unpaired) electrons. The lowest BCUT2D eigenvalue weighted by atomic mass is 9.77. The first-order valence-electron chi connectivity index (χ1n) is 7.17. The number of aliphatic hydroxyl groups excluding tert-OH is 1. The number of benzene rings is 1. The number of aliphatic hydroxyl groups is 1. The molecule has 0 atom stereocenters. The zero-order valence-electron chi connectivity index (χ0n) is 11.8. The van der Waals surface area contributed by atoms with Crippen LogP contribution < -0.4 is 4.74 Å². The molecule has 20 heavy (non-hydrogen) atoms. The third-order valence-corrected chi connectivity index (χ3v) is 4.22. The van der Waals surface area contributed by atoms with E-state index in [1.54, 1.807) is 12.1 Å². The lowest BCUT2D eigenvalue weighted by molar-refractivity contribution is 0.0864. The van der Waals surface area contributed by atoms with E-state index in [1.807, 2.05) is 0 Å². The summed E-state index contributed by atoms with van der Waals surface area (Å²) in [6.45, 7) is 0.232. The van der Waals surface area contributed by atoms with Gasteiger partial charge in [0.1, 0.15) is 0 Å². The molecule has 0 bridgehead atoms. The lowest BCUT2D eigenvalue weighted by Crippen LogP contribution is -2.22. The second kappa shape index (κ2) is 6.75. The first kappa shape index (κ1) is 14.9. The number of phenols is 1. The molecule has 1 aromatic carbocycles. The van der Waals surface area contributed by atoms with Gasteiger partial charge < -0.3 is 14.9 Å². The van der Waals surface area contributed by atoms with Crippen molar-refractivity contribution in [2.24, 2.45) is 11.8 Å². The normalized spacial score (nSPS) is 22.5. The second-order valence-corrected chi connectivity index (χ2v) is 5.48. The quantitative estimate of drug-likeness (QED) is 0.813. The Labute approximate surface area is 119 Å². The molecule has 0 aromatic heterocycles. The molecule has 2 rings (SSSR count). The maximum atomic E-state index is 12.4. The number of aromatic hydroxyl groups is 1. The van der Waals surface area contributed by atoms with Crippen molar-refractivity contribution < 1.29 is 19.7 Å². The third kappa shape index (κ3) is 3.31. The van der Waals surface area contributed by atoms with Crippen molar-refractivity contribution in [2.45, 2.75) is 32.1 Å². The second-order valence-electron chi connectivity index (χ2n) is 5.48. The molecule has 4 heteroatoms. The number of hydrogen-bond acceptors (Lipinski definition) is 4. The number of carbonyl (C=O) groups excluding carboxylic acids is 1. The van der Waals surface area contributed by atoms with E-state index >= 15 is 0 Å². The molecule has 1 fully saturated rings. The van der Waals surface area contributed by atoms with Crippen LogP contribution in [-0.2, 0) is 0 Å². The Bertz CT molecular complexity index is 462. The van der Waals surface area contributed by atoms with Gasteiger partial charge in [-0.05, 0) is 56.2 Å². The number of hydrogen-bond donors (Lipinski definition) is 2. The van der Waals surface area contributed by atoms with Crippen LogP contribution in [0.3, 0.4) is 0 Å². The Morgan fingerprint density at radius 1 is 1.30 bits per heavy atom. The van der Waals surface area contributed by atoms with Crippen molar-refractivity contribution in [3.8, 4) is 11.5 Å². The Balaban J connectivity index is 2.00. The van der Waals surface area contributed by atoms with Crippen LogP contribution in [0.25, 0.3) is 0 Å². The van der Waals surface area contributed by atoms with Gasteiger partial charge in [0.15, 0.2) is 17.3 Å². The highest BCUT2D eigenvalue weighted by molar-refractivity contribution is 5.98. The van der Waals surface area contributed by atoms with Crippen molar-refractivity contribution >= 4 is 5.78 Å². The first-order valence-corrected chi connectivity index (χ1v) is 7.17. The summed E-state index contributed by atoms with van der Waals surface area (Å²) in [7, 11) is 1.49. The van der Waals surface area contributed by atoms with E-state index in [0.29, 0.717) is 17.2 Å². The number of carbonyl (C=O) groups is 1. The van der Waals surface area contributed by atoms with Gasteiger partial charge in [-0.3, -0.25) is 4.79 Å². The fraction of sp³-hybridized carbons (Fsp3) is 0.562. The third-order valence-electron chi connectivity index (χ3n) is 4.22. The molecule has 0 heterocycles. The van der Waals surface area contributed by atoms with E-state index in [-0.39, 0.29) is 24.1 Å². The van der Waals surface area contributed by atoms with E-state index in [2.05, 4.69) is 0 Å². The molecule has 110 valence electrons. The minimum absolute atomic E-state index is 0.00677. The van der Waals surface area contributed by atoms with Gasteiger partial charge in [0.25, 0.3) is 0 Å². The highest BCUT2D eigenvalue weighted by Gasteiger charge is 2.27. The fourth-order valence-corrected chi connectivity index (χ4v) is 2.97. The minimum atomic E-state index is 0.00677. The van der Waals surface area contributed by atoms with Crippen LogP contribution in [0.5, 0.6) is 11.5 Å². The number of ether oxygens (including phenoxy) is 1. The topological polar surface area (TPSA) is 66.8 Å². The number of Topliss-reactive ketones (excluding diaryl/α,β-unsaturated/α-hetero) is 1. The van der Waals surface area contributed by atoms with Gasteiger partial charge in [0.2, 0.25) is 0 Å². The van der Waals surface area contributed by atoms with Gasteiger partial charge in [0, 0.05) is 18.1 Å². The average molecular weight is 278 g/mol. The van der Waals surface area contributed by atoms with Crippen molar-refractivity contribution in [1.82, 2.24) is 0 Å². The van der Waals surface area contributed by atoms with Gasteiger partial charge >= 0.3 is 0 Å². The Kier molecular flexibility index (Phi) is 5.01. The average Bonchev–Trinajstić information content (AvgIpc) is 2.47. The van der Waals surface area contributed by atoms with Crippen LogP contribution in [0.4, 0.5) is 0 Å². The molecule has 0 spiro atoms. The number of methoxy groups -OCH3 is 1. The van der Waals surface area contributed by atoms with E-state index < -0.39 is 0 Å². The minimum Gasteiger partial charge on any atom is -0.504 e. The summed E-state index contributed by atoms with van der Waals surface area (Å²) in [4.78, 5) is 12.4. The predicted octanol–water partition coefficient (Wildman–Crippen LogP) is 2.77. The van der Waals surface area contributed by atoms with Crippen LogP contribution in [0.2, 0.25) is 0 Å². The van der Waals surface area contributed by atoms with Gasteiger partial charge in [-0.2, -0.15) is 0 Å². The maximum Gasteiger partial charge on any atom is 0.166 e. The summed E-state index contributed by atoms with van der Waals surface area (Å²) in [6, 6.07) is 4.82.